The van der Waals surface area contributed by atoms with E-state index in [1.165, 1.54) is 11.8 Å². The molecular weight excluding hydrogens is 452 g/mol. The van der Waals surface area contributed by atoms with E-state index in [4.69, 9.17) is 0 Å². The maximum Gasteiger partial charge on any atom is 0.196 e. The first-order chi connectivity index (χ1) is 16.1. The van der Waals surface area contributed by atoms with Crippen LogP contribution in [0.25, 0.3) is 22.2 Å². The predicted molar refractivity (Wildman–Crippen MR) is 131 cm³/mol. The van der Waals surface area contributed by atoms with Crippen molar-refractivity contribution in [2.45, 2.75) is 19.0 Å². The fraction of sp³-hybridized carbons (Fsp3) is 0.125. The molecule has 1 aromatic carbocycles. The lowest BCUT2D eigenvalue weighted by Gasteiger charge is -2.10. The smallest absolute Gasteiger partial charge is 0.196 e. The van der Waals surface area contributed by atoms with Gasteiger partial charge in [-0.25, -0.2) is 4.98 Å². The van der Waals surface area contributed by atoms with Crippen LogP contribution in [0.5, 0.6) is 0 Å². The molecule has 0 unspecified atom stereocenters. The Bertz CT molecular complexity index is 1390. The highest BCUT2D eigenvalue weighted by Gasteiger charge is 2.21. The fourth-order valence-corrected chi connectivity index (χ4v) is 5.32. The van der Waals surface area contributed by atoms with Gasteiger partial charge in [0.2, 0.25) is 0 Å². The topological polar surface area (TPSA) is 78.5 Å². The third-order valence-electron chi connectivity index (χ3n) is 5.26. The zero-order valence-corrected chi connectivity index (χ0v) is 19.7. The first-order valence-corrected chi connectivity index (χ1v) is 12.2. The monoisotopic (exact) mass is 472 g/mol. The van der Waals surface area contributed by atoms with Crippen LogP contribution in [0.15, 0.2) is 77.7 Å². The molecule has 164 valence electrons. The van der Waals surface area contributed by atoms with Crippen LogP contribution in [0.4, 0.5) is 0 Å². The van der Waals surface area contributed by atoms with Crippen LogP contribution in [-0.4, -0.2) is 40.8 Å². The average molecular weight is 473 g/mol. The number of nitrogens with zero attached hydrogens (tertiary/aromatic N) is 6. The Balaban J connectivity index is 1.45. The minimum absolute atomic E-state index is 0.0454. The van der Waals surface area contributed by atoms with Crippen molar-refractivity contribution in [3.05, 3.63) is 89.5 Å². The molecule has 0 aliphatic carbocycles. The van der Waals surface area contributed by atoms with Crippen LogP contribution < -0.4 is 0 Å². The SMILES string of the molecule is Cc1cc(C(=O)CSc2nnc(-c3ccncc3)n2-c2ccccc2)c(C)n1-c1nccs1. The van der Waals surface area contributed by atoms with Crippen LogP contribution in [0.3, 0.4) is 0 Å². The number of hydrogen-bond acceptors (Lipinski definition) is 7. The van der Waals surface area contributed by atoms with Gasteiger partial charge in [0.15, 0.2) is 21.9 Å². The van der Waals surface area contributed by atoms with Crippen molar-refractivity contribution in [3.8, 4) is 22.2 Å². The number of thiazole rings is 1. The predicted octanol–water partition coefficient (Wildman–Crippen LogP) is 5.17. The summed E-state index contributed by atoms with van der Waals surface area (Å²) < 4.78 is 4.00. The number of pyridine rings is 1. The highest BCUT2D eigenvalue weighted by atomic mass is 32.2. The quantitative estimate of drug-likeness (QED) is 0.240. The van der Waals surface area contributed by atoms with E-state index in [0.717, 1.165) is 27.8 Å². The molecule has 5 rings (SSSR count). The van der Waals surface area contributed by atoms with Gasteiger partial charge in [-0.15, -0.1) is 21.5 Å². The Morgan fingerprint density at radius 2 is 1.79 bits per heavy atom. The molecule has 33 heavy (non-hydrogen) atoms. The van der Waals surface area contributed by atoms with Crippen LogP contribution in [0.1, 0.15) is 21.7 Å². The molecule has 0 spiro atoms. The molecule has 9 heteroatoms. The van der Waals surface area contributed by atoms with Crippen molar-refractivity contribution in [2.75, 3.05) is 5.75 Å². The lowest BCUT2D eigenvalue weighted by atomic mass is 10.2. The third kappa shape index (κ3) is 4.12. The van der Waals surface area contributed by atoms with E-state index in [2.05, 4.69) is 20.2 Å². The molecule has 0 bridgehead atoms. The molecule has 0 saturated carbocycles. The Morgan fingerprint density at radius 1 is 1.00 bits per heavy atom. The first-order valence-electron chi connectivity index (χ1n) is 10.3. The second-order valence-electron chi connectivity index (χ2n) is 7.36. The molecule has 0 aliphatic heterocycles. The number of thioether (sulfide) groups is 1. The molecule has 0 amide bonds. The average Bonchev–Trinajstić information content (AvgIpc) is 3.58. The maximum absolute atomic E-state index is 13.2. The van der Waals surface area contributed by atoms with Crippen molar-refractivity contribution >= 4 is 28.9 Å². The van der Waals surface area contributed by atoms with Crippen LogP contribution >= 0.6 is 23.1 Å². The minimum atomic E-state index is 0.0454. The molecular formula is C24H20N6OS2. The van der Waals surface area contributed by atoms with Gasteiger partial charge in [-0.2, -0.15) is 0 Å². The van der Waals surface area contributed by atoms with E-state index in [1.54, 1.807) is 29.9 Å². The summed E-state index contributed by atoms with van der Waals surface area (Å²) in [7, 11) is 0. The van der Waals surface area contributed by atoms with Gasteiger partial charge in [-0.1, -0.05) is 30.0 Å². The van der Waals surface area contributed by atoms with E-state index in [9.17, 15) is 4.79 Å². The number of aromatic nitrogens is 6. The molecule has 5 aromatic rings. The summed E-state index contributed by atoms with van der Waals surface area (Å²) in [6.45, 7) is 3.95. The lowest BCUT2D eigenvalue weighted by Crippen LogP contribution is -2.07. The summed E-state index contributed by atoms with van der Waals surface area (Å²) in [4.78, 5) is 21.7. The standard InChI is InChI=1S/C24H20N6OS2/c1-16-14-20(17(2)29(16)23-26-12-13-32-23)21(31)15-33-24-28-27-22(18-8-10-25-11-9-18)30(24)19-6-4-3-5-7-19/h3-14H,15H2,1-2H3. The normalized spacial score (nSPS) is 11.1. The fourth-order valence-electron chi connectivity index (χ4n) is 3.73. The molecule has 0 fully saturated rings. The number of carbonyl (C=O) groups excluding carboxylic acids is 1. The highest BCUT2D eigenvalue weighted by molar-refractivity contribution is 7.99. The molecule has 0 atom stereocenters. The lowest BCUT2D eigenvalue weighted by molar-refractivity contribution is 0.102. The van der Waals surface area contributed by atoms with E-state index in [0.29, 0.717) is 16.5 Å². The van der Waals surface area contributed by atoms with Crippen molar-refractivity contribution in [3.63, 3.8) is 0 Å². The summed E-state index contributed by atoms with van der Waals surface area (Å²) in [5.74, 6) is 1.01. The van der Waals surface area contributed by atoms with Gasteiger partial charge in [-0.05, 0) is 44.2 Å². The number of carbonyl (C=O) groups is 1. The Morgan fingerprint density at radius 3 is 2.52 bits per heavy atom. The summed E-state index contributed by atoms with van der Waals surface area (Å²) in [5.41, 5.74) is 4.44. The molecule has 4 aromatic heterocycles. The second-order valence-corrected chi connectivity index (χ2v) is 9.18. The zero-order chi connectivity index (χ0) is 22.8. The number of Topliss-reactive ketones (excluding diaryl/α,β-unsaturated/α-hetero) is 1. The van der Waals surface area contributed by atoms with E-state index in [1.807, 2.05) is 76.9 Å². The van der Waals surface area contributed by atoms with E-state index >= 15 is 0 Å². The largest absolute Gasteiger partial charge is 0.294 e. The summed E-state index contributed by atoms with van der Waals surface area (Å²) in [6, 6.07) is 15.6. The number of benzene rings is 1. The number of hydrogen-bond donors (Lipinski definition) is 0. The number of ketones is 1. The van der Waals surface area contributed by atoms with Gasteiger partial charge in [0, 0.05) is 52.2 Å². The third-order valence-corrected chi connectivity index (χ3v) is 6.95. The van der Waals surface area contributed by atoms with Gasteiger partial charge < -0.3 is 0 Å². The van der Waals surface area contributed by atoms with Gasteiger partial charge >= 0.3 is 0 Å². The zero-order valence-electron chi connectivity index (χ0n) is 18.0. The molecule has 7 nitrogen and oxygen atoms in total. The highest BCUT2D eigenvalue weighted by Crippen LogP contribution is 2.29. The van der Waals surface area contributed by atoms with Crippen molar-refractivity contribution < 1.29 is 4.79 Å². The van der Waals surface area contributed by atoms with Crippen molar-refractivity contribution in [1.29, 1.82) is 0 Å². The van der Waals surface area contributed by atoms with Crippen molar-refractivity contribution in [1.82, 2.24) is 29.3 Å². The number of rotatable bonds is 7. The maximum atomic E-state index is 13.2. The van der Waals surface area contributed by atoms with Gasteiger partial charge in [-0.3, -0.25) is 18.9 Å². The van der Waals surface area contributed by atoms with E-state index in [-0.39, 0.29) is 11.5 Å². The first kappa shape index (κ1) is 21.3. The summed E-state index contributed by atoms with van der Waals surface area (Å²) in [6.07, 6.45) is 5.23. The van der Waals surface area contributed by atoms with Crippen LogP contribution in [-0.2, 0) is 0 Å². The van der Waals surface area contributed by atoms with E-state index < -0.39 is 0 Å². The molecule has 4 heterocycles. The molecule has 0 aliphatic rings. The number of para-hydroxylation sites is 1. The molecule has 0 saturated heterocycles. The Labute approximate surface area is 199 Å². The van der Waals surface area contributed by atoms with Gasteiger partial charge in [0.05, 0.1) is 5.75 Å². The van der Waals surface area contributed by atoms with Crippen molar-refractivity contribution in [2.24, 2.45) is 0 Å². The summed E-state index contributed by atoms with van der Waals surface area (Å²) in [5, 5.41) is 12.3. The molecule has 0 radical (unpaired) electrons. The molecule has 0 N–H and O–H groups in total. The number of aryl methyl sites for hydroxylation is 1. The van der Waals surface area contributed by atoms with Gasteiger partial charge in [0.1, 0.15) is 0 Å². The second kappa shape index (κ2) is 9.13. The Hall–Kier alpha value is -3.56. The van der Waals surface area contributed by atoms with Crippen LogP contribution in [0.2, 0.25) is 0 Å². The minimum Gasteiger partial charge on any atom is -0.294 e. The summed E-state index contributed by atoms with van der Waals surface area (Å²) >= 11 is 2.93. The Kier molecular flexibility index (Phi) is 5.89. The van der Waals surface area contributed by atoms with Crippen LogP contribution in [0, 0.1) is 13.8 Å². The van der Waals surface area contributed by atoms with Gasteiger partial charge in [0.25, 0.3) is 0 Å².